The molecule has 1 saturated heterocycles. The Hall–Kier alpha value is -1.64. The van der Waals surface area contributed by atoms with Crippen LogP contribution in [-0.2, 0) is 19.0 Å². The molecule has 0 spiro atoms. The number of hydrogen-bond acceptors (Lipinski definition) is 6. The van der Waals surface area contributed by atoms with E-state index in [9.17, 15) is 14.7 Å². The van der Waals surface area contributed by atoms with Crippen molar-refractivity contribution in [3.8, 4) is 0 Å². The molecule has 1 heterocycles. The van der Waals surface area contributed by atoms with Gasteiger partial charge in [-0.15, -0.1) is 0 Å². The topological polar surface area (TPSA) is 120 Å². The van der Waals surface area contributed by atoms with Gasteiger partial charge in [0.2, 0.25) is 0 Å². The van der Waals surface area contributed by atoms with Gasteiger partial charge in [0.1, 0.15) is 12.2 Å². The highest BCUT2D eigenvalue weighted by Crippen LogP contribution is 2.75. The molecule has 8 heteroatoms. The van der Waals surface area contributed by atoms with E-state index in [0.29, 0.717) is 50.5 Å². The number of carbonyl (C=O) groups is 2. The van der Waals surface area contributed by atoms with Crippen LogP contribution >= 0.6 is 0 Å². The maximum Gasteiger partial charge on any atom is 0.407 e. The molecule has 5 aliphatic rings. The van der Waals surface area contributed by atoms with E-state index < -0.39 is 24.1 Å². The van der Waals surface area contributed by atoms with E-state index in [1.807, 2.05) is 0 Å². The van der Waals surface area contributed by atoms with Crippen molar-refractivity contribution in [2.45, 2.75) is 99.2 Å². The number of ether oxygens (including phenoxy) is 3. The molecule has 0 aromatic heterocycles. The number of aliphatic carboxylic acids is 1. The maximum absolute atomic E-state index is 13.3. The first-order chi connectivity index (χ1) is 19.7. The van der Waals surface area contributed by atoms with Crippen molar-refractivity contribution in [3.05, 3.63) is 11.6 Å². The van der Waals surface area contributed by atoms with Gasteiger partial charge in [-0.05, 0) is 78.4 Å². The lowest BCUT2D eigenvalue weighted by atomic mass is 9.34. The largest absolute Gasteiger partial charge is 0.481 e. The number of carbonyl (C=O) groups excluding carboxylic acids is 1. The van der Waals surface area contributed by atoms with Crippen LogP contribution in [0.4, 0.5) is 4.79 Å². The molecule has 4 fully saturated rings. The van der Waals surface area contributed by atoms with Gasteiger partial charge in [-0.3, -0.25) is 4.79 Å². The molecule has 0 aromatic rings. The van der Waals surface area contributed by atoms with Gasteiger partial charge in [0.15, 0.2) is 0 Å². The molecule has 1 aliphatic heterocycles. The molecule has 0 aromatic carbocycles. The number of nitrogens with two attached hydrogens (primary N) is 1. The Bertz CT molecular complexity index is 1110. The van der Waals surface area contributed by atoms with Crippen molar-refractivity contribution in [3.63, 3.8) is 0 Å². The van der Waals surface area contributed by atoms with E-state index >= 15 is 0 Å². The summed E-state index contributed by atoms with van der Waals surface area (Å²) in [4.78, 5) is 25.9. The van der Waals surface area contributed by atoms with Crippen molar-refractivity contribution in [2.24, 2.45) is 62.4 Å². The summed E-state index contributed by atoms with van der Waals surface area (Å²) >= 11 is 0. The SMILES string of the molecule is CNC(=O)O[C@H]1C[C@@]23COC[C@@](C)([C@H]1OCCN)[C@H]2CC[C@@H]1C3=CC[C@]2(C)[C@@H](C(=O)O)[C@](C)([C@@H](C)C(C)C)CC[C@]12C. The smallest absolute Gasteiger partial charge is 0.407 e. The molecule has 11 atom stereocenters. The average molecular weight is 589 g/mol. The standard InChI is InChI=1S/C34H56N2O6/c1-20(2)21(3)30(4)13-14-32(6)22-9-10-25-31(5)18-40-19-34(25,23(22)11-12-33(32,7)26(30)28(37)38)17-24(42-29(39)36-8)27(31)41-16-15-35/h11,20-22,24-27H,9-10,12-19,35H2,1-8H3,(H,36,39)(H,37,38)/t21-,22+,24-,25+,26-,27-,30-,31+,32+,33+,34-/m0/s1. The third-order valence-electron chi connectivity index (χ3n) is 13.9. The minimum absolute atomic E-state index is 0.159. The molecule has 5 rings (SSSR count). The summed E-state index contributed by atoms with van der Waals surface area (Å²) in [6, 6.07) is 0. The molecule has 0 radical (unpaired) electrons. The molecular formula is C34H56N2O6. The third-order valence-corrected chi connectivity index (χ3v) is 13.9. The molecule has 0 unspecified atom stereocenters. The predicted molar refractivity (Wildman–Crippen MR) is 162 cm³/mol. The van der Waals surface area contributed by atoms with Gasteiger partial charge in [-0.2, -0.15) is 0 Å². The first-order valence-electron chi connectivity index (χ1n) is 16.4. The average Bonchev–Trinajstić information content (AvgIpc) is 2.92. The molecule has 4 N–H and O–H groups in total. The molecule has 1 amide bonds. The highest BCUT2D eigenvalue weighted by molar-refractivity contribution is 5.73. The number of amides is 1. The first-order valence-corrected chi connectivity index (χ1v) is 16.4. The molecule has 4 aliphatic carbocycles. The van der Waals surface area contributed by atoms with Gasteiger partial charge in [-0.25, -0.2) is 4.79 Å². The minimum Gasteiger partial charge on any atom is -0.481 e. The molecular weight excluding hydrogens is 532 g/mol. The van der Waals surface area contributed by atoms with E-state index in [2.05, 4.69) is 59.9 Å². The summed E-state index contributed by atoms with van der Waals surface area (Å²) < 4.78 is 18.9. The number of hydrogen-bond donors (Lipinski definition) is 3. The normalized spacial score (nSPS) is 46.9. The third kappa shape index (κ3) is 4.24. The highest BCUT2D eigenvalue weighted by Gasteiger charge is 2.72. The van der Waals surface area contributed by atoms with E-state index in [0.717, 1.165) is 32.1 Å². The van der Waals surface area contributed by atoms with Gasteiger partial charge in [0.05, 0.1) is 25.7 Å². The first kappa shape index (κ1) is 31.8. The minimum atomic E-state index is -0.646. The number of alkyl carbamates (subject to hydrolysis) is 1. The van der Waals surface area contributed by atoms with Gasteiger partial charge in [0.25, 0.3) is 0 Å². The zero-order valence-corrected chi connectivity index (χ0v) is 27.3. The molecule has 3 saturated carbocycles. The summed E-state index contributed by atoms with van der Waals surface area (Å²) in [5.74, 6) is 0.241. The van der Waals surface area contributed by atoms with Crippen molar-refractivity contribution >= 4 is 12.1 Å². The second-order valence-electron chi connectivity index (χ2n) is 15.8. The number of rotatable bonds is 7. The summed E-state index contributed by atoms with van der Waals surface area (Å²) in [5, 5.41) is 13.5. The summed E-state index contributed by atoms with van der Waals surface area (Å²) in [7, 11) is 1.59. The quantitative estimate of drug-likeness (QED) is 0.329. The van der Waals surface area contributed by atoms with Gasteiger partial charge in [-0.1, -0.05) is 60.1 Å². The zero-order valence-electron chi connectivity index (χ0n) is 27.3. The van der Waals surface area contributed by atoms with E-state index in [1.54, 1.807) is 7.05 Å². The lowest BCUT2D eigenvalue weighted by Crippen LogP contribution is -2.70. The van der Waals surface area contributed by atoms with Crippen LogP contribution in [0.15, 0.2) is 11.6 Å². The Labute approximate surface area is 252 Å². The van der Waals surface area contributed by atoms with Gasteiger partial charge >= 0.3 is 12.1 Å². The van der Waals surface area contributed by atoms with Crippen LogP contribution < -0.4 is 11.1 Å². The van der Waals surface area contributed by atoms with Gasteiger partial charge < -0.3 is 30.4 Å². The van der Waals surface area contributed by atoms with Crippen LogP contribution in [0.25, 0.3) is 0 Å². The number of allylic oxidation sites excluding steroid dienone is 1. The number of nitrogens with one attached hydrogen (secondary N) is 1. The number of fused-ring (bicyclic) bond motifs is 3. The molecule has 8 nitrogen and oxygen atoms in total. The second-order valence-corrected chi connectivity index (χ2v) is 15.8. The van der Waals surface area contributed by atoms with E-state index in [1.165, 1.54) is 5.57 Å². The van der Waals surface area contributed by atoms with Crippen LogP contribution in [0.2, 0.25) is 0 Å². The van der Waals surface area contributed by atoms with Crippen LogP contribution in [0, 0.1) is 56.7 Å². The molecule has 2 bridgehead atoms. The Morgan fingerprint density at radius 1 is 1.12 bits per heavy atom. The monoisotopic (exact) mass is 588 g/mol. The van der Waals surface area contributed by atoms with Crippen molar-refractivity contribution in [2.75, 3.05) is 33.4 Å². The Balaban J connectivity index is 1.60. The fraction of sp³-hybridized carbons (Fsp3) is 0.882. The van der Waals surface area contributed by atoms with Crippen LogP contribution in [0.3, 0.4) is 0 Å². The zero-order chi connectivity index (χ0) is 30.9. The summed E-state index contributed by atoms with van der Waals surface area (Å²) in [6.45, 7) is 17.9. The van der Waals surface area contributed by atoms with Crippen molar-refractivity contribution < 1.29 is 28.9 Å². The summed E-state index contributed by atoms with van der Waals surface area (Å²) in [6.07, 6.45) is 6.64. The Morgan fingerprint density at radius 3 is 2.45 bits per heavy atom. The van der Waals surface area contributed by atoms with Crippen molar-refractivity contribution in [1.29, 1.82) is 0 Å². The maximum atomic E-state index is 13.3. The summed E-state index contributed by atoms with van der Waals surface area (Å²) in [5.41, 5.74) is 5.88. The van der Waals surface area contributed by atoms with Crippen LogP contribution in [0.5, 0.6) is 0 Å². The molecule has 238 valence electrons. The Kier molecular flexibility index (Phi) is 8.14. The fourth-order valence-corrected chi connectivity index (χ4v) is 11.4. The number of carboxylic acid groups (broad SMARTS) is 1. The van der Waals surface area contributed by atoms with E-state index in [-0.39, 0.29) is 39.1 Å². The lowest BCUT2D eigenvalue weighted by molar-refractivity contribution is -0.262. The van der Waals surface area contributed by atoms with E-state index in [4.69, 9.17) is 19.9 Å². The van der Waals surface area contributed by atoms with Crippen LogP contribution in [-0.4, -0.2) is 62.8 Å². The predicted octanol–water partition coefficient (Wildman–Crippen LogP) is 5.64. The fourth-order valence-electron chi connectivity index (χ4n) is 11.4. The highest BCUT2D eigenvalue weighted by atomic mass is 16.6. The van der Waals surface area contributed by atoms with Crippen LogP contribution in [0.1, 0.15) is 87.0 Å². The number of carboxylic acids is 1. The molecule has 42 heavy (non-hydrogen) atoms. The van der Waals surface area contributed by atoms with Gasteiger partial charge in [0, 0.05) is 24.4 Å². The lowest BCUT2D eigenvalue weighted by Gasteiger charge is -2.71. The van der Waals surface area contributed by atoms with Crippen molar-refractivity contribution in [1.82, 2.24) is 5.32 Å². The second kappa shape index (κ2) is 10.8. The Morgan fingerprint density at radius 2 is 1.83 bits per heavy atom.